The molecule has 0 spiro atoms. The van der Waals surface area contributed by atoms with E-state index in [1.54, 1.807) is 17.5 Å². The third-order valence-corrected chi connectivity index (χ3v) is 4.85. The Labute approximate surface area is 182 Å². The van der Waals surface area contributed by atoms with E-state index in [0.717, 1.165) is 0 Å². The molecule has 0 saturated carbocycles. The second kappa shape index (κ2) is 9.59. The Kier molecular flexibility index (Phi) is 6.24. The molecule has 0 atom stereocenters. The first kappa shape index (κ1) is 20.2. The largest absolute Gasteiger partial charge is 0.455 e. The molecule has 0 fully saturated rings. The number of amides is 2. The van der Waals surface area contributed by atoms with Crippen LogP contribution < -0.4 is 15.4 Å². The highest BCUT2D eigenvalue weighted by Gasteiger charge is 2.13. The van der Waals surface area contributed by atoms with Gasteiger partial charge in [0, 0.05) is 17.8 Å². The van der Waals surface area contributed by atoms with Crippen LogP contribution in [0, 0.1) is 0 Å². The zero-order valence-corrected chi connectivity index (χ0v) is 17.0. The van der Waals surface area contributed by atoms with E-state index in [2.05, 4.69) is 25.6 Å². The standard InChI is InChI=1S/C22H17N5O3S/c28-20(26-17-8-4-5-9-19(17)30-16-6-2-1-3-7-16)12-15-14-31-22(25-15)27-21(29)18-13-23-10-11-24-18/h1-11,13-14H,12H2,(H,26,28)(H,25,27,29). The molecule has 0 bridgehead atoms. The first-order valence-corrected chi connectivity index (χ1v) is 10.2. The number of nitrogens with one attached hydrogen (secondary N) is 2. The molecular weight excluding hydrogens is 414 g/mol. The molecule has 0 saturated heterocycles. The van der Waals surface area contributed by atoms with Crippen molar-refractivity contribution in [3.63, 3.8) is 0 Å². The number of aromatic nitrogens is 3. The molecule has 9 heteroatoms. The Bertz CT molecular complexity index is 1180. The van der Waals surface area contributed by atoms with Crippen LogP contribution in [0.1, 0.15) is 16.2 Å². The van der Waals surface area contributed by atoms with E-state index < -0.39 is 5.91 Å². The molecule has 0 unspecified atom stereocenters. The number of nitrogens with zero attached hydrogens (tertiary/aromatic N) is 3. The number of carbonyl (C=O) groups excluding carboxylic acids is 2. The van der Waals surface area contributed by atoms with Gasteiger partial charge in [0.15, 0.2) is 10.9 Å². The van der Waals surface area contributed by atoms with Crippen molar-refractivity contribution in [1.82, 2.24) is 15.0 Å². The summed E-state index contributed by atoms with van der Waals surface area (Å²) in [4.78, 5) is 36.8. The van der Waals surface area contributed by atoms with Crippen LogP contribution in [0.25, 0.3) is 0 Å². The quantitative estimate of drug-likeness (QED) is 0.455. The number of hydrogen-bond acceptors (Lipinski definition) is 7. The van der Waals surface area contributed by atoms with Crippen LogP contribution in [-0.4, -0.2) is 26.8 Å². The number of para-hydroxylation sites is 3. The van der Waals surface area contributed by atoms with Crippen molar-refractivity contribution >= 4 is 34.0 Å². The lowest BCUT2D eigenvalue weighted by molar-refractivity contribution is -0.115. The first-order chi connectivity index (χ1) is 15.2. The molecule has 2 aromatic heterocycles. The van der Waals surface area contributed by atoms with Gasteiger partial charge in [-0.3, -0.25) is 19.9 Å². The maximum Gasteiger partial charge on any atom is 0.277 e. The van der Waals surface area contributed by atoms with Gasteiger partial charge >= 0.3 is 0 Å². The van der Waals surface area contributed by atoms with Crippen molar-refractivity contribution in [2.45, 2.75) is 6.42 Å². The van der Waals surface area contributed by atoms with Gasteiger partial charge in [0.05, 0.1) is 24.0 Å². The second-order valence-corrected chi connectivity index (χ2v) is 7.18. The topological polar surface area (TPSA) is 106 Å². The Balaban J connectivity index is 1.37. The van der Waals surface area contributed by atoms with Crippen LogP contribution in [0.15, 0.2) is 78.6 Å². The fourth-order valence-corrected chi connectivity index (χ4v) is 3.36. The Morgan fingerprint density at radius 2 is 1.77 bits per heavy atom. The maximum atomic E-state index is 12.5. The van der Waals surface area contributed by atoms with Crippen molar-refractivity contribution in [3.05, 3.63) is 90.0 Å². The lowest BCUT2D eigenvalue weighted by Gasteiger charge is -2.11. The van der Waals surface area contributed by atoms with Gasteiger partial charge in [0.1, 0.15) is 11.4 Å². The lowest BCUT2D eigenvalue weighted by Crippen LogP contribution is -2.16. The number of carbonyl (C=O) groups is 2. The molecule has 0 aliphatic carbocycles. The molecule has 4 rings (SSSR count). The molecule has 0 aliphatic rings. The summed E-state index contributed by atoms with van der Waals surface area (Å²) in [5.41, 5.74) is 1.29. The predicted octanol–water partition coefficient (Wildman–Crippen LogP) is 4.16. The highest BCUT2D eigenvalue weighted by Crippen LogP contribution is 2.29. The summed E-state index contributed by atoms with van der Waals surface area (Å²) in [5, 5.41) is 7.60. The van der Waals surface area contributed by atoms with E-state index in [0.29, 0.717) is 28.0 Å². The van der Waals surface area contributed by atoms with Crippen molar-refractivity contribution < 1.29 is 14.3 Å². The number of hydrogen-bond donors (Lipinski definition) is 2. The van der Waals surface area contributed by atoms with E-state index in [-0.39, 0.29) is 18.0 Å². The van der Waals surface area contributed by atoms with Crippen LogP contribution in [0.4, 0.5) is 10.8 Å². The molecule has 154 valence electrons. The van der Waals surface area contributed by atoms with Crippen LogP contribution in [0.3, 0.4) is 0 Å². The van der Waals surface area contributed by atoms with Gasteiger partial charge in [-0.25, -0.2) is 9.97 Å². The smallest absolute Gasteiger partial charge is 0.277 e. The summed E-state index contributed by atoms with van der Waals surface area (Å²) < 4.78 is 5.86. The Morgan fingerprint density at radius 1 is 0.968 bits per heavy atom. The van der Waals surface area contributed by atoms with E-state index in [1.165, 1.54) is 29.9 Å². The highest BCUT2D eigenvalue weighted by atomic mass is 32.1. The summed E-state index contributed by atoms with van der Waals surface area (Å²) in [6.07, 6.45) is 4.34. The van der Waals surface area contributed by atoms with Crippen LogP contribution in [0.2, 0.25) is 0 Å². The summed E-state index contributed by atoms with van der Waals surface area (Å²) in [6.45, 7) is 0. The Morgan fingerprint density at radius 3 is 2.58 bits per heavy atom. The monoisotopic (exact) mass is 431 g/mol. The van der Waals surface area contributed by atoms with Crippen molar-refractivity contribution in [2.24, 2.45) is 0 Å². The van der Waals surface area contributed by atoms with Gasteiger partial charge in [-0.2, -0.15) is 0 Å². The minimum absolute atomic E-state index is 0.0528. The summed E-state index contributed by atoms with van der Waals surface area (Å²) in [5.74, 6) is 0.552. The van der Waals surface area contributed by atoms with Gasteiger partial charge in [-0.15, -0.1) is 11.3 Å². The van der Waals surface area contributed by atoms with Gasteiger partial charge in [0.25, 0.3) is 5.91 Å². The third-order valence-electron chi connectivity index (χ3n) is 4.04. The zero-order chi connectivity index (χ0) is 21.5. The van der Waals surface area contributed by atoms with Crippen molar-refractivity contribution in [1.29, 1.82) is 0 Å². The Hall–Kier alpha value is -4.11. The molecule has 0 radical (unpaired) electrons. The minimum atomic E-state index is -0.412. The molecule has 4 aromatic rings. The summed E-state index contributed by atoms with van der Waals surface area (Å²) >= 11 is 1.23. The van der Waals surface area contributed by atoms with E-state index in [4.69, 9.17) is 4.74 Å². The average Bonchev–Trinajstić information content (AvgIpc) is 3.23. The van der Waals surface area contributed by atoms with Crippen LogP contribution in [-0.2, 0) is 11.2 Å². The maximum absolute atomic E-state index is 12.5. The first-order valence-electron chi connectivity index (χ1n) is 9.31. The number of ether oxygens (including phenoxy) is 1. The van der Waals surface area contributed by atoms with Crippen LogP contribution >= 0.6 is 11.3 Å². The molecule has 2 amide bonds. The number of rotatable bonds is 7. The SMILES string of the molecule is O=C(Cc1csc(NC(=O)c2cnccn2)n1)Nc1ccccc1Oc1ccccc1. The zero-order valence-electron chi connectivity index (χ0n) is 16.2. The van der Waals surface area contributed by atoms with E-state index in [1.807, 2.05) is 42.5 Å². The molecular formula is C22H17N5O3S. The lowest BCUT2D eigenvalue weighted by atomic mass is 10.2. The van der Waals surface area contributed by atoms with Crippen LogP contribution in [0.5, 0.6) is 11.5 Å². The molecule has 31 heavy (non-hydrogen) atoms. The van der Waals surface area contributed by atoms with Crippen molar-refractivity contribution in [2.75, 3.05) is 10.6 Å². The minimum Gasteiger partial charge on any atom is -0.455 e. The van der Waals surface area contributed by atoms with Gasteiger partial charge in [0.2, 0.25) is 5.91 Å². The van der Waals surface area contributed by atoms with E-state index in [9.17, 15) is 9.59 Å². The van der Waals surface area contributed by atoms with Gasteiger partial charge in [-0.05, 0) is 24.3 Å². The molecule has 8 nitrogen and oxygen atoms in total. The van der Waals surface area contributed by atoms with Gasteiger partial charge in [-0.1, -0.05) is 30.3 Å². The van der Waals surface area contributed by atoms with Crippen molar-refractivity contribution in [3.8, 4) is 11.5 Å². The molecule has 2 aromatic carbocycles. The van der Waals surface area contributed by atoms with Gasteiger partial charge < -0.3 is 10.1 Å². The predicted molar refractivity (Wildman–Crippen MR) is 117 cm³/mol. The second-order valence-electron chi connectivity index (χ2n) is 6.32. The molecule has 0 aliphatic heterocycles. The third kappa shape index (κ3) is 5.49. The number of benzene rings is 2. The number of anilines is 2. The molecule has 2 N–H and O–H groups in total. The normalized spacial score (nSPS) is 10.3. The number of thiazole rings is 1. The summed E-state index contributed by atoms with van der Waals surface area (Å²) in [7, 11) is 0. The average molecular weight is 431 g/mol. The van der Waals surface area contributed by atoms with E-state index >= 15 is 0 Å². The fraction of sp³-hybridized carbons (Fsp3) is 0.0455. The summed E-state index contributed by atoms with van der Waals surface area (Å²) in [6, 6.07) is 16.5. The molecule has 2 heterocycles. The highest BCUT2D eigenvalue weighted by molar-refractivity contribution is 7.14. The fourth-order valence-electron chi connectivity index (χ4n) is 2.66.